The molecule has 5 rings (SSSR count). The molecule has 3 fully saturated rings. The number of amides is 1. The smallest absolute Gasteiger partial charge is 0.272 e. The summed E-state index contributed by atoms with van der Waals surface area (Å²) in [6.45, 7) is 0.967. The normalized spacial score (nSPS) is 25.5. The first-order valence-electron chi connectivity index (χ1n) is 11.4. The fourth-order valence-corrected chi connectivity index (χ4v) is 4.87. The Morgan fingerprint density at radius 3 is 2.80 bits per heavy atom. The predicted octanol–water partition coefficient (Wildman–Crippen LogP) is 3.03. The molecule has 1 saturated carbocycles. The van der Waals surface area contributed by atoms with Gasteiger partial charge < -0.3 is 28.6 Å². The number of halogens is 2. The van der Waals surface area contributed by atoms with Crippen molar-refractivity contribution in [1.29, 1.82) is 0 Å². The van der Waals surface area contributed by atoms with Crippen molar-refractivity contribution in [2.45, 2.75) is 36.9 Å². The molecule has 0 aromatic carbocycles. The Labute approximate surface area is 201 Å². The zero-order valence-electron chi connectivity index (χ0n) is 19.5. The molecular weight excluding hydrogens is 464 g/mol. The molecule has 2 saturated heterocycles. The lowest BCUT2D eigenvalue weighted by Gasteiger charge is -2.41. The number of hydrogen-bond donors (Lipinski definition) is 0. The fraction of sp³-hybridized carbons (Fsp3) is 0.542. The third-order valence-electron chi connectivity index (χ3n) is 6.82. The number of piperidine rings is 1. The van der Waals surface area contributed by atoms with Crippen LogP contribution in [0.4, 0.5) is 8.78 Å². The Balaban J connectivity index is 1.27. The highest BCUT2D eigenvalue weighted by atomic mass is 19.3. The van der Waals surface area contributed by atoms with E-state index in [9.17, 15) is 13.6 Å². The molecule has 0 radical (unpaired) electrons. The number of alkyl halides is 2. The first-order valence-corrected chi connectivity index (χ1v) is 11.4. The summed E-state index contributed by atoms with van der Waals surface area (Å²) in [6.07, 6.45) is 1.38. The molecule has 9 nitrogen and oxygen atoms in total. The van der Waals surface area contributed by atoms with Gasteiger partial charge in [-0.25, -0.2) is 13.8 Å². The van der Waals surface area contributed by atoms with E-state index in [0.717, 1.165) is 0 Å². The first-order chi connectivity index (χ1) is 16.8. The summed E-state index contributed by atoms with van der Waals surface area (Å²) in [6, 6.07) is 6.72. The Morgan fingerprint density at radius 1 is 1.23 bits per heavy atom. The van der Waals surface area contributed by atoms with Gasteiger partial charge in [-0.1, -0.05) is 0 Å². The Bertz CT molecular complexity index is 1090. The molecule has 2 aliphatic heterocycles. The van der Waals surface area contributed by atoms with Crippen LogP contribution in [-0.4, -0.2) is 73.5 Å². The van der Waals surface area contributed by atoms with E-state index in [4.69, 9.17) is 23.7 Å². The zero-order valence-corrected chi connectivity index (χ0v) is 19.5. The summed E-state index contributed by atoms with van der Waals surface area (Å²) < 4.78 is 54.2. The highest BCUT2D eigenvalue weighted by Gasteiger charge is 2.52. The summed E-state index contributed by atoms with van der Waals surface area (Å²) in [5, 5.41) is 0. The van der Waals surface area contributed by atoms with Crippen LogP contribution in [0.15, 0.2) is 30.5 Å². The van der Waals surface area contributed by atoms with E-state index in [2.05, 4.69) is 9.97 Å². The fourth-order valence-electron chi connectivity index (χ4n) is 4.87. The van der Waals surface area contributed by atoms with Crippen molar-refractivity contribution in [2.75, 3.05) is 40.7 Å². The second-order valence-electron chi connectivity index (χ2n) is 9.03. The molecule has 3 aliphatic rings. The molecule has 0 bridgehead atoms. The maximum absolute atomic E-state index is 13.3. The molecule has 188 valence electrons. The number of carbonyl (C=O) groups excluding carboxylic acids is 1. The number of carbonyl (C=O) groups is 1. The molecule has 1 amide bonds. The molecule has 2 atom stereocenters. The molecular formula is C24H27F2N3O6. The largest absolute Gasteiger partial charge is 0.497 e. The third kappa shape index (κ3) is 4.50. The van der Waals surface area contributed by atoms with Crippen molar-refractivity contribution in [3.05, 3.63) is 41.9 Å². The van der Waals surface area contributed by atoms with Crippen LogP contribution in [0.1, 0.15) is 35.4 Å². The van der Waals surface area contributed by atoms with Crippen molar-refractivity contribution >= 4 is 5.91 Å². The number of fused-ring (bicyclic) bond motifs is 1. The minimum Gasteiger partial charge on any atom is -0.497 e. The summed E-state index contributed by atoms with van der Waals surface area (Å²) >= 11 is 0. The van der Waals surface area contributed by atoms with Crippen LogP contribution in [-0.2, 0) is 15.1 Å². The number of methoxy groups -OCH3 is 2. The van der Waals surface area contributed by atoms with Gasteiger partial charge in [0, 0.05) is 44.0 Å². The van der Waals surface area contributed by atoms with Gasteiger partial charge in [-0.15, -0.1) is 0 Å². The minimum atomic E-state index is -2.60. The minimum absolute atomic E-state index is 0.108. The quantitative estimate of drug-likeness (QED) is 0.584. The Kier molecular flexibility index (Phi) is 6.22. The lowest BCUT2D eigenvalue weighted by Crippen LogP contribution is -2.54. The van der Waals surface area contributed by atoms with Crippen LogP contribution in [0.2, 0.25) is 0 Å². The standard InChI is InChI=1S/C24H27F2N3O6/c1-31-16-5-7-27-19(9-16)24-6-8-29(12-20(24)34-14-35-24)22(30)17-3-4-18(21(28-17)32-2)33-13-15-10-23(25,26)11-15/h3-5,7,9,15,20H,6,8,10-14H2,1-2H3. The van der Waals surface area contributed by atoms with Gasteiger partial charge in [0.2, 0.25) is 5.92 Å². The van der Waals surface area contributed by atoms with Crippen LogP contribution in [0.25, 0.3) is 0 Å². The van der Waals surface area contributed by atoms with E-state index in [1.807, 2.05) is 6.07 Å². The molecule has 2 aromatic rings. The summed E-state index contributed by atoms with van der Waals surface area (Å²) in [5.74, 6) is -1.98. The predicted molar refractivity (Wildman–Crippen MR) is 118 cm³/mol. The van der Waals surface area contributed by atoms with Crippen molar-refractivity contribution in [2.24, 2.45) is 5.92 Å². The number of likely N-dealkylation sites (tertiary alicyclic amines) is 1. The SMILES string of the molecule is COc1ccnc(C23CCN(C(=O)c4ccc(OCC5CC(F)(F)C5)c(OC)n4)CC2OCO3)c1. The van der Waals surface area contributed by atoms with Gasteiger partial charge in [0.05, 0.1) is 33.1 Å². The van der Waals surface area contributed by atoms with Gasteiger partial charge in [-0.2, -0.15) is 0 Å². The highest BCUT2D eigenvalue weighted by molar-refractivity contribution is 5.92. The van der Waals surface area contributed by atoms with Gasteiger partial charge >= 0.3 is 0 Å². The maximum Gasteiger partial charge on any atom is 0.272 e. The van der Waals surface area contributed by atoms with Gasteiger partial charge in [0.1, 0.15) is 29.9 Å². The third-order valence-corrected chi connectivity index (χ3v) is 6.82. The monoisotopic (exact) mass is 491 g/mol. The second kappa shape index (κ2) is 9.19. The van der Waals surface area contributed by atoms with Crippen molar-refractivity contribution < 1.29 is 37.3 Å². The summed E-state index contributed by atoms with van der Waals surface area (Å²) in [4.78, 5) is 23.7. The molecule has 2 aromatic heterocycles. The number of pyridine rings is 2. The highest BCUT2D eigenvalue weighted by Crippen LogP contribution is 2.44. The maximum atomic E-state index is 13.3. The van der Waals surface area contributed by atoms with Crippen molar-refractivity contribution in [3.63, 3.8) is 0 Å². The Hall–Kier alpha value is -3.05. The average Bonchev–Trinajstić information content (AvgIpc) is 3.30. The first kappa shape index (κ1) is 23.7. The van der Waals surface area contributed by atoms with Gasteiger partial charge in [0.15, 0.2) is 5.75 Å². The summed E-state index contributed by atoms with van der Waals surface area (Å²) in [7, 11) is 3.01. The van der Waals surface area contributed by atoms with Crippen LogP contribution in [0.3, 0.4) is 0 Å². The number of nitrogens with zero attached hydrogens (tertiary/aromatic N) is 3. The van der Waals surface area contributed by atoms with Crippen LogP contribution in [0.5, 0.6) is 17.4 Å². The van der Waals surface area contributed by atoms with E-state index < -0.39 is 17.6 Å². The number of aromatic nitrogens is 2. The molecule has 1 aliphatic carbocycles. The molecule has 11 heteroatoms. The van der Waals surface area contributed by atoms with Crippen LogP contribution < -0.4 is 14.2 Å². The van der Waals surface area contributed by atoms with E-state index in [1.165, 1.54) is 7.11 Å². The molecule has 35 heavy (non-hydrogen) atoms. The van der Waals surface area contributed by atoms with Crippen molar-refractivity contribution in [3.8, 4) is 17.4 Å². The van der Waals surface area contributed by atoms with E-state index >= 15 is 0 Å². The lowest BCUT2D eigenvalue weighted by atomic mass is 9.82. The van der Waals surface area contributed by atoms with Gasteiger partial charge in [-0.05, 0) is 18.2 Å². The van der Waals surface area contributed by atoms with Crippen LogP contribution in [0, 0.1) is 5.92 Å². The average molecular weight is 491 g/mol. The molecule has 2 unspecified atom stereocenters. The van der Waals surface area contributed by atoms with Gasteiger partial charge in [0.25, 0.3) is 11.8 Å². The van der Waals surface area contributed by atoms with E-state index in [1.54, 1.807) is 36.4 Å². The Morgan fingerprint density at radius 2 is 2.06 bits per heavy atom. The molecule has 0 N–H and O–H groups in total. The lowest BCUT2D eigenvalue weighted by molar-refractivity contribution is -0.119. The van der Waals surface area contributed by atoms with E-state index in [0.29, 0.717) is 36.7 Å². The molecule has 4 heterocycles. The van der Waals surface area contributed by atoms with Gasteiger partial charge in [-0.3, -0.25) is 9.78 Å². The van der Waals surface area contributed by atoms with Crippen LogP contribution >= 0.6 is 0 Å². The van der Waals surface area contributed by atoms with Crippen molar-refractivity contribution in [1.82, 2.24) is 14.9 Å². The van der Waals surface area contributed by atoms with E-state index in [-0.39, 0.29) is 49.6 Å². The number of rotatable bonds is 7. The second-order valence-corrected chi connectivity index (χ2v) is 9.03. The molecule has 0 spiro atoms. The summed E-state index contributed by atoms with van der Waals surface area (Å²) in [5.41, 5.74) is 0.138. The number of hydrogen-bond acceptors (Lipinski definition) is 8. The topological polar surface area (TPSA) is 92.2 Å². The number of ether oxygens (including phenoxy) is 5. The zero-order chi connectivity index (χ0) is 24.6.